The van der Waals surface area contributed by atoms with Crippen molar-refractivity contribution in [2.75, 3.05) is 11.9 Å². The second-order valence-corrected chi connectivity index (χ2v) is 7.92. The van der Waals surface area contributed by atoms with Crippen molar-refractivity contribution in [1.82, 2.24) is 5.32 Å². The topological polar surface area (TPSA) is 105 Å². The van der Waals surface area contributed by atoms with Crippen LogP contribution in [0, 0.1) is 18.2 Å². The summed E-state index contributed by atoms with van der Waals surface area (Å²) in [5, 5.41) is 13.8. The van der Waals surface area contributed by atoms with Gasteiger partial charge in [-0.05, 0) is 40.5 Å². The first-order valence-electron chi connectivity index (χ1n) is 10.8. The number of halogens is 1. The Kier molecular flexibility index (Phi) is 6.78. The minimum absolute atomic E-state index is 0.0841. The number of carbonyl (C=O) groups is 3. The molecule has 0 heterocycles. The summed E-state index contributed by atoms with van der Waals surface area (Å²) in [6.45, 7) is 0.0841. The molecule has 0 fully saturated rings. The lowest BCUT2D eigenvalue weighted by Crippen LogP contribution is -2.40. The molecular weight excluding hydrogens is 451 g/mol. The van der Waals surface area contributed by atoms with Crippen molar-refractivity contribution >= 4 is 23.7 Å². The fourth-order valence-corrected chi connectivity index (χ4v) is 4.08. The molecule has 8 heteroatoms. The van der Waals surface area contributed by atoms with Crippen LogP contribution in [0.3, 0.4) is 0 Å². The number of carboxylic acids is 1. The Morgan fingerprint density at radius 2 is 1.66 bits per heavy atom. The first-order chi connectivity index (χ1) is 16.9. The number of benzene rings is 3. The highest BCUT2D eigenvalue weighted by molar-refractivity contribution is 5.98. The number of hydrogen-bond acceptors (Lipinski definition) is 4. The first kappa shape index (κ1) is 23.5. The molecule has 0 bridgehead atoms. The smallest absolute Gasteiger partial charge is 0.411 e. The van der Waals surface area contributed by atoms with Gasteiger partial charge in [0.25, 0.3) is 5.91 Å². The highest BCUT2D eigenvalue weighted by atomic mass is 19.1. The van der Waals surface area contributed by atoms with Crippen molar-refractivity contribution < 1.29 is 28.6 Å². The third kappa shape index (κ3) is 4.99. The van der Waals surface area contributed by atoms with Gasteiger partial charge in [-0.15, -0.1) is 12.3 Å². The van der Waals surface area contributed by atoms with Crippen LogP contribution in [-0.2, 0) is 9.53 Å². The summed E-state index contributed by atoms with van der Waals surface area (Å²) in [4.78, 5) is 36.1. The van der Waals surface area contributed by atoms with Gasteiger partial charge in [0, 0.05) is 18.0 Å². The molecule has 2 amide bonds. The summed E-state index contributed by atoms with van der Waals surface area (Å²) in [5.41, 5.74) is 3.97. The Bertz CT molecular complexity index is 1300. The van der Waals surface area contributed by atoms with Gasteiger partial charge >= 0.3 is 12.1 Å². The third-order valence-electron chi connectivity index (χ3n) is 5.73. The lowest BCUT2D eigenvalue weighted by molar-refractivity contribution is -0.139. The normalized spacial score (nSPS) is 12.6. The Morgan fingerprint density at radius 1 is 1.03 bits per heavy atom. The van der Waals surface area contributed by atoms with E-state index in [2.05, 4.69) is 16.6 Å². The molecule has 0 saturated heterocycles. The molecule has 176 valence electrons. The fraction of sp³-hybridized carbons (Fsp3) is 0.148. The monoisotopic (exact) mass is 472 g/mol. The lowest BCUT2D eigenvalue weighted by Gasteiger charge is -2.15. The van der Waals surface area contributed by atoms with Crippen molar-refractivity contribution in [3.8, 4) is 23.5 Å². The lowest BCUT2D eigenvalue weighted by atomic mass is 9.98. The van der Waals surface area contributed by atoms with Gasteiger partial charge in [-0.1, -0.05) is 48.5 Å². The average Bonchev–Trinajstić information content (AvgIpc) is 3.17. The molecule has 0 spiro atoms. The Balaban J connectivity index is 1.44. The van der Waals surface area contributed by atoms with E-state index >= 15 is 0 Å². The number of carboxylic acid groups (broad SMARTS) is 1. The van der Waals surface area contributed by atoms with E-state index in [1.807, 2.05) is 48.5 Å². The number of ether oxygens (including phenoxy) is 1. The van der Waals surface area contributed by atoms with Gasteiger partial charge in [-0.25, -0.2) is 14.0 Å². The number of fused-ring (bicyclic) bond motifs is 3. The second kappa shape index (κ2) is 10.1. The number of amides is 2. The van der Waals surface area contributed by atoms with Crippen LogP contribution in [0.5, 0.6) is 0 Å². The maximum absolute atomic E-state index is 14.2. The molecule has 3 N–H and O–H groups in total. The number of rotatable bonds is 7. The van der Waals surface area contributed by atoms with E-state index < -0.39 is 35.4 Å². The van der Waals surface area contributed by atoms with E-state index in [1.54, 1.807) is 0 Å². The van der Waals surface area contributed by atoms with Crippen LogP contribution in [0.4, 0.5) is 14.9 Å². The summed E-state index contributed by atoms with van der Waals surface area (Å²) >= 11 is 0. The van der Waals surface area contributed by atoms with Gasteiger partial charge < -0.3 is 15.2 Å². The van der Waals surface area contributed by atoms with E-state index in [1.165, 1.54) is 6.07 Å². The molecular formula is C27H21FN2O5. The van der Waals surface area contributed by atoms with E-state index in [9.17, 15) is 18.8 Å². The molecule has 0 saturated carbocycles. The van der Waals surface area contributed by atoms with E-state index in [4.69, 9.17) is 16.3 Å². The zero-order valence-corrected chi connectivity index (χ0v) is 18.5. The predicted molar refractivity (Wildman–Crippen MR) is 127 cm³/mol. The van der Waals surface area contributed by atoms with E-state index in [0.29, 0.717) is 0 Å². The summed E-state index contributed by atoms with van der Waals surface area (Å²) in [6, 6.07) is 17.8. The van der Waals surface area contributed by atoms with Gasteiger partial charge in [0.15, 0.2) is 0 Å². The Hall–Kier alpha value is -4.64. The molecule has 1 aliphatic rings. The average molecular weight is 472 g/mol. The standard InChI is InChI=1S/C27H21FN2O5/c1-2-7-24(26(32)33)30-25(31)21-14-16(12-13-23(21)28)29-27(34)35-15-22-19-10-5-3-8-17(19)18-9-4-6-11-20(18)22/h1,3-6,8-14,22,24H,7,15H2,(H,29,34)(H,30,31)(H,32,33). The van der Waals surface area contributed by atoms with Gasteiger partial charge in [0.05, 0.1) is 5.56 Å². The molecule has 3 aromatic carbocycles. The molecule has 7 nitrogen and oxygen atoms in total. The number of anilines is 1. The Morgan fingerprint density at radius 3 is 2.26 bits per heavy atom. The fourth-order valence-electron chi connectivity index (χ4n) is 4.08. The summed E-state index contributed by atoms with van der Waals surface area (Å²) in [6.07, 6.45) is 4.08. The molecule has 1 unspecified atom stereocenters. The zero-order valence-electron chi connectivity index (χ0n) is 18.5. The van der Waals surface area contributed by atoms with Crippen LogP contribution in [0.1, 0.15) is 33.8 Å². The largest absolute Gasteiger partial charge is 0.480 e. The van der Waals surface area contributed by atoms with Crippen LogP contribution < -0.4 is 10.6 Å². The van der Waals surface area contributed by atoms with Gasteiger partial charge in [0.1, 0.15) is 18.5 Å². The SMILES string of the molecule is C#CCC(NC(=O)c1cc(NC(=O)OCC2c3ccccc3-c3ccccc32)ccc1F)C(=O)O. The zero-order chi connectivity index (χ0) is 24.9. The van der Waals surface area contributed by atoms with Crippen LogP contribution in [0.15, 0.2) is 66.7 Å². The second-order valence-electron chi connectivity index (χ2n) is 7.92. The number of nitrogens with one attached hydrogen (secondary N) is 2. The predicted octanol–water partition coefficient (Wildman–Crippen LogP) is 4.39. The summed E-state index contributed by atoms with van der Waals surface area (Å²) in [5.74, 6) is -1.19. The van der Waals surface area contributed by atoms with E-state index in [0.717, 1.165) is 34.4 Å². The maximum atomic E-state index is 14.2. The summed E-state index contributed by atoms with van der Waals surface area (Å²) < 4.78 is 19.7. The molecule has 0 aromatic heterocycles. The number of carbonyl (C=O) groups excluding carboxylic acids is 2. The molecule has 35 heavy (non-hydrogen) atoms. The van der Waals surface area contributed by atoms with Crippen molar-refractivity contribution in [3.05, 3.63) is 89.2 Å². The number of hydrogen-bond donors (Lipinski definition) is 3. The Labute approximate surface area is 200 Å². The third-order valence-corrected chi connectivity index (χ3v) is 5.73. The van der Waals surface area contributed by atoms with Crippen LogP contribution in [-0.4, -0.2) is 35.7 Å². The molecule has 1 aliphatic carbocycles. The van der Waals surface area contributed by atoms with Crippen molar-refractivity contribution in [3.63, 3.8) is 0 Å². The number of terminal acetylenes is 1. The van der Waals surface area contributed by atoms with Gasteiger partial charge in [-0.2, -0.15) is 0 Å². The van der Waals surface area contributed by atoms with Crippen molar-refractivity contribution in [2.45, 2.75) is 18.4 Å². The molecule has 4 rings (SSSR count). The molecule has 0 aliphatic heterocycles. The minimum atomic E-state index is -1.37. The van der Waals surface area contributed by atoms with Crippen molar-refractivity contribution in [1.29, 1.82) is 0 Å². The molecule has 3 aromatic rings. The van der Waals surface area contributed by atoms with E-state index in [-0.39, 0.29) is 24.6 Å². The highest BCUT2D eigenvalue weighted by Crippen LogP contribution is 2.44. The quantitative estimate of drug-likeness (QED) is 0.443. The van der Waals surface area contributed by atoms with Gasteiger partial charge in [0.2, 0.25) is 0 Å². The van der Waals surface area contributed by atoms with Gasteiger partial charge in [-0.3, -0.25) is 10.1 Å². The maximum Gasteiger partial charge on any atom is 0.411 e. The van der Waals surface area contributed by atoms with Crippen molar-refractivity contribution in [2.24, 2.45) is 0 Å². The van der Waals surface area contributed by atoms with Crippen LogP contribution in [0.25, 0.3) is 11.1 Å². The molecule has 1 atom stereocenters. The molecule has 0 radical (unpaired) electrons. The van der Waals surface area contributed by atoms with Crippen LogP contribution in [0.2, 0.25) is 0 Å². The first-order valence-corrected chi connectivity index (χ1v) is 10.8. The number of aliphatic carboxylic acids is 1. The highest BCUT2D eigenvalue weighted by Gasteiger charge is 2.29. The minimum Gasteiger partial charge on any atom is -0.480 e. The summed E-state index contributed by atoms with van der Waals surface area (Å²) in [7, 11) is 0. The van der Waals surface area contributed by atoms with Crippen LogP contribution >= 0.6 is 0 Å².